The van der Waals surface area contributed by atoms with Crippen molar-refractivity contribution in [1.82, 2.24) is 0 Å². The van der Waals surface area contributed by atoms with Crippen molar-refractivity contribution in [2.75, 3.05) is 5.73 Å². The smallest absolute Gasteiger partial charge is 0.145 e. The second-order valence-corrected chi connectivity index (χ2v) is 4.55. The van der Waals surface area contributed by atoms with Gasteiger partial charge in [0.05, 0.1) is 5.69 Å². The van der Waals surface area contributed by atoms with Crippen molar-refractivity contribution in [2.45, 2.75) is 6.61 Å². The highest BCUT2D eigenvalue weighted by Crippen LogP contribution is 2.26. The summed E-state index contributed by atoms with van der Waals surface area (Å²) in [5.74, 6) is -0.123. The highest BCUT2D eigenvalue weighted by molar-refractivity contribution is 6.33. The number of rotatable bonds is 3. The Morgan fingerprint density at radius 3 is 2.67 bits per heavy atom. The van der Waals surface area contributed by atoms with Gasteiger partial charge < -0.3 is 10.5 Å². The molecule has 0 spiro atoms. The number of nitrogens with two attached hydrogens (primary N) is 1. The minimum absolute atomic E-state index is 0.174. The van der Waals surface area contributed by atoms with Crippen LogP contribution in [0.1, 0.15) is 5.56 Å². The molecule has 18 heavy (non-hydrogen) atoms. The largest absolute Gasteiger partial charge is 0.487 e. The first kappa shape index (κ1) is 13.0. The fourth-order valence-corrected chi connectivity index (χ4v) is 1.81. The van der Waals surface area contributed by atoms with E-state index in [1.807, 2.05) is 0 Å². The second kappa shape index (κ2) is 5.46. The van der Waals surface area contributed by atoms with E-state index in [0.29, 0.717) is 21.3 Å². The second-order valence-electron chi connectivity index (χ2n) is 3.71. The van der Waals surface area contributed by atoms with Gasteiger partial charge in [0.25, 0.3) is 0 Å². The summed E-state index contributed by atoms with van der Waals surface area (Å²) in [7, 11) is 0. The summed E-state index contributed by atoms with van der Waals surface area (Å²) in [6.45, 7) is 0.174. The average Bonchev–Trinajstić information content (AvgIpc) is 2.34. The monoisotopic (exact) mass is 285 g/mol. The van der Waals surface area contributed by atoms with Gasteiger partial charge in [0, 0.05) is 21.7 Å². The van der Waals surface area contributed by atoms with E-state index in [9.17, 15) is 4.39 Å². The van der Waals surface area contributed by atoms with E-state index in [1.54, 1.807) is 18.2 Å². The first-order valence-corrected chi connectivity index (χ1v) is 5.93. The fourth-order valence-electron chi connectivity index (χ4n) is 1.44. The Balaban J connectivity index is 2.16. The Labute approximate surface area is 114 Å². The summed E-state index contributed by atoms with van der Waals surface area (Å²) in [6.07, 6.45) is 0. The quantitative estimate of drug-likeness (QED) is 0.854. The van der Waals surface area contributed by atoms with Crippen LogP contribution >= 0.6 is 23.2 Å². The van der Waals surface area contributed by atoms with Gasteiger partial charge in [-0.1, -0.05) is 23.2 Å². The van der Waals surface area contributed by atoms with Gasteiger partial charge in [-0.25, -0.2) is 4.39 Å². The average molecular weight is 286 g/mol. The fraction of sp³-hybridized carbons (Fsp3) is 0.0769. The maximum atomic E-state index is 13.0. The van der Waals surface area contributed by atoms with Crippen molar-refractivity contribution in [3.63, 3.8) is 0 Å². The van der Waals surface area contributed by atoms with Gasteiger partial charge in [0.2, 0.25) is 0 Å². The van der Waals surface area contributed by atoms with Crippen LogP contribution in [-0.4, -0.2) is 0 Å². The normalized spacial score (nSPS) is 10.4. The van der Waals surface area contributed by atoms with Crippen molar-refractivity contribution in [3.05, 3.63) is 57.8 Å². The lowest BCUT2D eigenvalue weighted by Crippen LogP contribution is -2.00. The number of anilines is 1. The molecular formula is C13H10Cl2FNO. The highest BCUT2D eigenvalue weighted by atomic mass is 35.5. The molecule has 0 amide bonds. The van der Waals surface area contributed by atoms with Crippen LogP contribution in [0.15, 0.2) is 36.4 Å². The van der Waals surface area contributed by atoms with Gasteiger partial charge in [0.1, 0.15) is 18.2 Å². The summed E-state index contributed by atoms with van der Waals surface area (Å²) < 4.78 is 18.5. The molecule has 0 aliphatic carbocycles. The third-order valence-corrected chi connectivity index (χ3v) is 2.97. The number of benzene rings is 2. The lowest BCUT2D eigenvalue weighted by Gasteiger charge is -2.10. The molecule has 0 saturated carbocycles. The highest BCUT2D eigenvalue weighted by Gasteiger charge is 2.06. The molecule has 0 aromatic heterocycles. The number of ether oxygens (including phenoxy) is 1. The standard InChI is InChI=1S/C13H10Cl2FNO/c14-9-1-3-11(15)8(5-9)7-18-13-6-10(16)2-4-12(13)17/h1-6H,7,17H2. The van der Waals surface area contributed by atoms with E-state index in [-0.39, 0.29) is 12.4 Å². The van der Waals surface area contributed by atoms with E-state index < -0.39 is 5.82 Å². The van der Waals surface area contributed by atoms with Gasteiger partial charge in [-0.05, 0) is 30.3 Å². The topological polar surface area (TPSA) is 35.2 Å². The number of nitrogen functional groups attached to an aromatic ring is 1. The third kappa shape index (κ3) is 3.06. The molecule has 0 radical (unpaired) electrons. The Morgan fingerprint density at radius 2 is 1.89 bits per heavy atom. The molecule has 0 bridgehead atoms. The van der Waals surface area contributed by atoms with Crippen LogP contribution in [0.5, 0.6) is 5.75 Å². The molecule has 2 rings (SSSR count). The van der Waals surface area contributed by atoms with Crippen molar-refractivity contribution < 1.29 is 9.13 Å². The number of halogens is 3. The first-order valence-electron chi connectivity index (χ1n) is 5.18. The molecule has 5 heteroatoms. The lowest BCUT2D eigenvalue weighted by molar-refractivity contribution is 0.306. The summed E-state index contributed by atoms with van der Waals surface area (Å²) in [5.41, 5.74) is 6.76. The maximum Gasteiger partial charge on any atom is 0.145 e. The molecule has 0 atom stereocenters. The molecule has 0 heterocycles. The van der Waals surface area contributed by atoms with Gasteiger partial charge in [-0.2, -0.15) is 0 Å². The molecule has 94 valence electrons. The Hall–Kier alpha value is -1.45. The minimum atomic E-state index is -0.406. The zero-order valence-corrected chi connectivity index (χ0v) is 10.8. The Bertz CT molecular complexity index is 523. The van der Waals surface area contributed by atoms with E-state index in [4.69, 9.17) is 33.7 Å². The van der Waals surface area contributed by atoms with Crippen LogP contribution in [0.25, 0.3) is 0 Å². The SMILES string of the molecule is Nc1ccc(F)cc1OCc1cc(Cl)ccc1Cl. The predicted molar refractivity (Wildman–Crippen MR) is 71.6 cm³/mol. The first-order chi connectivity index (χ1) is 8.56. The van der Waals surface area contributed by atoms with Crippen molar-refractivity contribution in [3.8, 4) is 5.75 Å². The summed E-state index contributed by atoms with van der Waals surface area (Å²) >= 11 is 11.8. The van der Waals surface area contributed by atoms with E-state index in [0.717, 1.165) is 0 Å². The van der Waals surface area contributed by atoms with Crippen LogP contribution in [0.3, 0.4) is 0 Å². The summed E-state index contributed by atoms with van der Waals surface area (Å²) in [4.78, 5) is 0. The molecule has 0 fully saturated rings. The summed E-state index contributed by atoms with van der Waals surface area (Å²) in [6, 6.07) is 9.01. The van der Waals surface area contributed by atoms with E-state index in [1.165, 1.54) is 18.2 Å². The van der Waals surface area contributed by atoms with Crippen molar-refractivity contribution in [1.29, 1.82) is 0 Å². The van der Waals surface area contributed by atoms with Crippen molar-refractivity contribution in [2.24, 2.45) is 0 Å². The summed E-state index contributed by atoms with van der Waals surface area (Å²) in [5, 5.41) is 1.10. The predicted octanol–water partition coefficient (Wildman–Crippen LogP) is 4.29. The molecule has 0 aliphatic rings. The van der Waals surface area contributed by atoms with Crippen molar-refractivity contribution >= 4 is 28.9 Å². The number of hydrogen-bond donors (Lipinski definition) is 1. The van der Waals surface area contributed by atoms with Crippen LogP contribution in [-0.2, 0) is 6.61 Å². The number of hydrogen-bond acceptors (Lipinski definition) is 2. The minimum Gasteiger partial charge on any atom is -0.487 e. The lowest BCUT2D eigenvalue weighted by atomic mass is 10.2. The zero-order valence-electron chi connectivity index (χ0n) is 9.29. The Kier molecular flexibility index (Phi) is 3.94. The van der Waals surface area contributed by atoms with Crippen LogP contribution < -0.4 is 10.5 Å². The van der Waals surface area contributed by atoms with Gasteiger partial charge in [-0.3, -0.25) is 0 Å². The Morgan fingerprint density at radius 1 is 1.11 bits per heavy atom. The molecule has 2 aromatic carbocycles. The van der Waals surface area contributed by atoms with E-state index in [2.05, 4.69) is 0 Å². The molecule has 2 N–H and O–H groups in total. The van der Waals surface area contributed by atoms with Gasteiger partial charge >= 0.3 is 0 Å². The van der Waals surface area contributed by atoms with Gasteiger partial charge in [-0.15, -0.1) is 0 Å². The molecule has 0 unspecified atom stereocenters. The molecule has 2 aromatic rings. The van der Waals surface area contributed by atoms with Crippen LogP contribution in [0.2, 0.25) is 10.0 Å². The van der Waals surface area contributed by atoms with Crippen LogP contribution in [0.4, 0.5) is 10.1 Å². The third-order valence-electron chi connectivity index (χ3n) is 2.37. The molecule has 2 nitrogen and oxygen atoms in total. The molecule has 0 aliphatic heterocycles. The van der Waals surface area contributed by atoms with Gasteiger partial charge in [0.15, 0.2) is 0 Å². The van der Waals surface area contributed by atoms with E-state index >= 15 is 0 Å². The van der Waals surface area contributed by atoms with Crippen LogP contribution in [0, 0.1) is 5.82 Å². The maximum absolute atomic E-state index is 13.0. The zero-order chi connectivity index (χ0) is 13.1. The molecular weight excluding hydrogens is 276 g/mol. The molecule has 0 saturated heterocycles.